The highest BCUT2D eigenvalue weighted by molar-refractivity contribution is 8.00. The van der Waals surface area contributed by atoms with Gasteiger partial charge in [0.2, 0.25) is 0 Å². The maximum atomic E-state index is 3.54. The smallest absolute Gasteiger partial charge is 0.108 e. The molecule has 0 bridgehead atoms. The molecule has 2 aliphatic rings. The Morgan fingerprint density at radius 1 is 1.08 bits per heavy atom. The summed E-state index contributed by atoms with van der Waals surface area (Å²) >= 11 is 2.07. The van der Waals surface area contributed by atoms with Gasteiger partial charge in [0.1, 0.15) is 5.50 Å². The Labute approximate surface area is 79.1 Å². The largest absolute Gasteiger partial charge is 0.292 e. The summed E-state index contributed by atoms with van der Waals surface area (Å²) in [7, 11) is 0. The second-order valence-electron chi connectivity index (χ2n) is 3.63. The van der Waals surface area contributed by atoms with Gasteiger partial charge in [-0.05, 0) is 12.8 Å². The van der Waals surface area contributed by atoms with Crippen LogP contribution in [0.2, 0.25) is 0 Å². The van der Waals surface area contributed by atoms with Gasteiger partial charge in [0.15, 0.2) is 0 Å². The van der Waals surface area contributed by atoms with Crippen molar-refractivity contribution in [1.29, 1.82) is 0 Å². The van der Waals surface area contributed by atoms with E-state index in [1.807, 2.05) is 0 Å². The number of nitrogens with one attached hydrogen (secondary N) is 1. The van der Waals surface area contributed by atoms with Crippen molar-refractivity contribution in [3.63, 3.8) is 0 Å². The topological polar surface area (TPSA) is 15.3 Å². The molecule has 12 heavy (non-hydrogen) atoms. The average Bonchev–Trinajstić information content (AvgIpc) is 2.48. The molecule has 70 valence electrons. The van der Waals surface area contributed by atoms with E-state index in [1.54, 1.807) is 0 Å². The van der Waals surface area contributed by atoms with E-state index < -0.39 is 0 Å². The van der Waals surface area contributed by atoms with E-state index in [9.17, 15) is 0 Å². The monoisotopic (exact) mass is 186 g/mol. The van der Waals surface area contributed by atoms with Crippen molar-refractivity contribution in [1.82, 2.24) is 10.2 Å². The molecule has 2 aliphatic heterocycles. The lowest BCUT2D eigenvalue weighted by Gasteiger charge is -2.26. The molecule has 1 atom stereocenters. The first kappa shape index (κ1) is 8.85. The molecule has 0 amide bonds. The van der Waals surface area contributed by atoms with Gasteiger partial charge in [-0.2, -0.15) is 0 Å². The van der Waals surface area contributed by atoms with Crippen LogP contribution < -0.4 is 5.32 Å². The minimum absolute atomic E-state index is 0.642. The number of thioether (sulfide) groups is 1. The zero-order valence-electron chi connectivity index (χ0n) is 7.59. The van der Waals surface area contributed by atoms with Crippen molar-refractivity contribution < 1.29 is 0 Å². The lowest BCUT2D eigenvalue weighted by molar-refractivity contribution is 0.246. The molecule has 2 nitrogen and oxygen atoms in total. The van der Waals surface area contributed by atoms with Gasteiger partial charge in [0.05, 0.1) is 0 Å². The van der Waals surface area contributed by atoms with Crippen molar-refractivity contribution in [3.05, 3.63) is 0 Å². The number of rotatable bonds is 1. The van der Waals surface area contributed by atoms with Crippen molar-refractivity contribution >= 4 is 11.8 Å². The third-order valence-corrected chi connectivity index (χ3v) is 3.89. The molecule has 3 heteroatoms. The Morgan fingerprint density at radius 2 is 1.83 bits per heavy atom. The van der Waals surface area contributed by atoms with E-state index in [0.717, 1.165) is 0 Å². The highest BCUT2D eigenvalue weighted by Gasteiger charge is 2.22. The Hall–Kier alpha value is 0.270. The predicted molar refractivity (Wildman–Crippen MR) is 54.3 cm³/mol. The van der Waals surface area contributed by atoms with E-state index in [4.69, 9.17) is 0 Å². The third-order valence-electron chi connectivity index (χ3n) is 2.67. The lowest BCUT2D eigenvalue weighted by Crippen LogP contribution is -2.40. The molecule has 1 unspecified atom stereocenters. The van der Waals surface area contributed by atoms with Crippen LogP contribution in [0.25, 0.3) is 0 Å². The first-order chi connectivity index (χ1) is 5.97. The SMILES string of the molecule is C1CCCN(C2NCCS2)CC1. The minimum atomic E-state index is 0.642. The summed E-state index contributed by atoms with van der Waals surface area (Å²) in [6.45, 7) is 3.82. The Balaban J connectivity index is 1.83. The standard InChI is InChI=1S/C9H18N2S/c1-2-4-7-11(6-3-1)9-10-5-8-12-9/h9-10H,1-8H2. The van der Waals surface area contributed by atoms with E-state index in [0.29, 0.717) is 5.50 Å². The molecule has 1 N–H and O–H groups in total. The van der Waals surface area contributed by atoms with Gasteiger partial charge in [-0.15, -0.1) is 11.8 Å². The van der Waals surface area contributed by atoms with Crippen molar-refractivity contribution in [2.24, 2.45) is 0 Å². The van der Waals surface area contributed by atoms with Gasteiger partial charge in [0, 0.05) is 25.4 Å². The fourth-order valence-corrected chi connectivity index (χ4v) is 3.09. The van der Waals surface area contributed by atoms with Crippen LogP contribution in [0.5, 0.6) is 0 Å². The fraction of sp³-hybridized carbons (Fsp3) is 1.00. The molecule has 0 radical (unpaired) electrons. The summed E-state index contributed by atoms with van der Waals surface area (Å²) < 4.78 is 0. The zero-order chi connectivity index (χ0) is 8.23. The van der Waals surface area contributed by atoms with Gasteiger partial charge >= 0.3 is 0 Å². The highest BCUT2D eigenvalue weighted by atomic mass is 32.2. The Morgan fingerprint density at radius 3 is 2.42 bits per heavy atom. The molecule has 0 aromatic carbocycles. The Bertz CT molecular complexity index is 126. The molecule has 0 aromatic heterocycles. The summed E-state index contributed by atoms with van der Waals surface area (Å²) in [5.41, 5.74) is 0.642. The molecule has 2 heterocycles. The highest BCUT2D eigenvalue weighted by Crippen LogP contribution is 2.21. The first-order valence-electron chi connectivity index (χ1n) is 5.06. The van der Waals surface area contributed by atoms with Gasteiger partial charge < -0.3 is 0 Å². The average molecular weight is 186 g/mol. The van der Waals surface area contributed by atoms with E-state index in [1.165, 1.54) is 51.1 Å². The summed E-state index contributed by atoms with van der Waals surface area (Å²) in [4.78, 5) is 2.62. The van der Waals surface area contributed by atoms with Gasteiger partial charge in [0.25, 0.3) is 0 Å². The van der Waals surface area contributed by atoms with Crippen LogP contribution in [0, 0.1) is 0 Å². The summed E-state index contributed by atoms with van der Waals surface area (Å²) in [6, 6.07) is 0. The van der Waals surface area contributed by atoms with E-state index in [2.05, 4.69) is 22.0 Å². The second kappa shape index (κ2) is 4.49. The quantitative estimate of drug-likeness (QED) is 0.668. The third kappa shape index (κ3) is 2.15. The van der Waals surface area contributed by atoms with E-state index >= 15 is 0 Å². The first-order valence-corrected chi connectivity index (χ1v) is 6.11. The van der Waals surface area contributed by atoms with Crippen molar-refractivity contribution in [2.45, 2.75) is 31.2 Å². The maximum absolute atomic E-state index is 3.54. The van der Waals surface area contributed by atoms with Crippen LogP contribution in [0.1, 0.15) is 25.7 Å². The predicted octanol–water partition coefficient (Wildman–Crippen LogP) is 1.48. The van der Waals surface area contributed by atoms with Crippen LogP contribution in [0.15, 0.2) is 0 Å². The maximum Gasteiger partial charge on any atom is 0.108 e. The van der Waals surface area contributed by atoms with Crippen molar-refractivity contribution in [2.75, 3.05) is 25.4 Å². The van der Waals surface area contributed by atoms with E-state index in [-0.39, 0.29) is 0 Å². The van der Waals surface area contributed by atoms with Gasteiger partial charge in [-0.3, -0.25) is 10.2 Å². The summed E-state index contributed by atoms with van der Waals surface area (Å²) in [6.07, 6.45) is 5.68. The zero-order valence-corrected chi connectivity index (χ0v) is 8.41. The number of nitrogens with zero attached hydrogens (tertiary/aromatic N) is 1. The number of hydrogen-bond donors (Lipinski definition) is 1. The van der Waals surface area contributed by atoms with Crippen LogP contribution in [-0.2, 0) is 0 Å². The molecule has 2 saturated heterocycles. The van der Waals surface area contributed by atoms with Gasteiger partial charge in [-0.1, -0.05) is 12.8 Å². The molecular weight excluding hydrogens is 168 g/mol. The van der Waals surface area contributed by atoms with Crippen molar-refractivity contribution in [3.8, 4) is 0 Å². The number of likely N-dealkylation sites (tertiary alicyclic amines) is 1. The van der Waals surface area contributed by atoms with Gasteiger partial charge in [-0.25, -0.2) is 0 Å². The lowest BCUT2D eigenvalue weighted by atomic mass is 10.2. The molecule has 2 rings (SSSR count). The second-order valence-corrected chi connectivity index (χ2v) is 4.82. The summed E-state index contributed by atoms with van der Waals surface area (Å²) in [5.74, 6) is 1.29. The Kier molecular flexibility index (Phi) is 3.31. The summed E-state index contributed by atoms with van der Waals surface area (Å²) in [5, 5.41) is 3.54. The van der Waals surface area contributed by atoms with Crippen LogP contribution in [0.3, 0.4) is 0 Å². The normalized spacial score (nSPS) is 33.5. The molecular formula is C9H18N2S. The molecule has 0 spiro atoms. The molecule has 0 aliphatic carbocycles. The van der Waals surface area contributed by atoms with Crippen LogP contribution in [-0.4, -0.2) is 35.8 Å². The fourth-order valence-electron chi connectivity index (χ4n) is 1.98. The van der Waals surface area contributed by atoms with Crippen LogP contribution in [0.4, 0.5) is 0 Å². The van der Waals surface area contributed by atoms with Crippen LogP contribution >= 0.6 is 11.8 Å². The number of hydrogen-bond acceptors (Lipinski definition) is 3. The minimum Gasteiger partial charge on any atom is -0.292 e. The molecule has 2 fully saturated rings. The molecule has 0 saturated carbocycles. The molecule has 0 aromatic rings.